The second-order valence-corrected chi connectivity index (χ2v) is 3.19. The molecule has 0 fully saturated rings. The molecule has 0 aliphatic rings. The van der Waals surface area contributed by atoms with Crippen LogP contribution in [0.15, 0.2) is 36.5 Å². The summed E-state index contributed by atoms with van der Waals surface area (Å²) < 4.78 is 0. The van der Waals surface area contributed by atoms with Crippen LogP contribution in [0.2, 0.25) is 0 Å². The summed E-state index contributed by atoms with van der Waals surface area (Å²) in [5.41, 5.74) is 1.21. The van der Waals surface area contributed by atoms with Crippen LogP contribution in [0.1, 0.15) is 19.8 Å². The van der Waals surface area contributed by atoms with E-state index in [0.717, 1.165) is 0 Å². The summed E-state index contributed by atoms with van der Waals surface area (Å²) >= 11 is 0. The Kier molecular flexibility index (Phi) is 7.99. The number of hydrogen-bond acceptors (Lipinski definition) is 2. The molecule has 0 atom stereocenters. The van der Waals surface area contributed by atoms with E-state index >= 15 is 0 Å². The zero-order valence-electron chi connectivity index (χ0n) is 9.69. The van der Waals surface area contributed by atoms with Crippen LogP contribution < -0.4 is 34.7 Å². The Balaban J connectivity index is 0.000000289. The summed E-state index contributed by atoms with van der Waals surface area (Å²) in [6, 6.07) is 10.3. The number of para-hydroxylation sites is 1. The van der Waals surface area contributed by atoms with E-state index in [1.165, 1.54) is 10.9 Å². The van der Waals surface area contributed by atoms with Crippen LogP contribution >= 0.6 is 0 Å². The van der Waals surface area contributed by atoms with Gasteiger partial charge in [-0.3, -0.25) is 0 Å². The summed E-state index contributed by atoms with van der Waals surface area (Å²) in [6.45, 7) is 1.80. The fraction of sp³-hybridized carbons (Fsp3) is 0.250. The number of H-pyrrole nitrogens is 1. The Bertz CT molecular complexity index is 395. The topological polar surface area (TPSA) is 55.9 Å². The molecule has 0 spiro atoms. The number of rotatable bonds is 2. The van der Waals surface area contributed by atoms with Gasteiger partial charge in [-0.25, -0.2) is 0 Å². The van der Waals surface area contributed by atoms with E-state index in [2.05, 4.69) is 23.2 Å². The van der Waals surface area contributed by atoms with Crippen LogP contribution in [-0.2, 0) is 4.79 Å². The average Bonchev–Trinajstić information content (AvgIpc) is 2.65. The maximum Gasteiger partial charge on any atom is 1.00 e. The van der Waals surface area contributed by atoms with Crippen molar-refractivity contribution >= 4 is 16.9 Å². The number of aromatic nitrogens is 1. The van der Waals surface area contributed by atoms with Gasteiger partial charge in [0.05, 0.1) is 0 Å². The van der Waals surface area contributed by atoms with E-state index in [1.54, 1.807) is 6.92 Å². The van der Waals surface area contributed by atoms with E-state index < -0.39 is 5.97 Å². The van der Waals surface area contributed by atoms with Crippen LogP contribution in [0.5, 0.6) is 0 Å². The number of aliphatic carboxylic acids is 1. The van der Waals surface area contributed by atoms with Gasteiger partial charge >= 0.3 is 29.6 Å². The second-order valence-electron chi connectivity index (χ2n) is 3.19. The van der Waals surface area contributed by atoms with Crippen LogP contribution in [0, 0.1) is 0 Å². The van der Waals surface area contributed by atoms with Gasteiger partial charge in [0.15, 0.2) is 0 Å². The fourth-order valence-electron chi connectivity index (χ4n) is 1.20. The molecule has 80 valence electrons. The Morgan fingerprint density at radius 2 is 2.00 bits per heavy atom. The van der Waals surface area contributed by atoms with E-state index in [4.69, 9.17) is 0 Å². The molecule has 0 unspecified atom stereocenters. The molecule has 16 heavy (non-hydrogen) atoms. The Hall–Kier alpha value is -0.770. The molecule has 2 aromatic rings. The van der Waals surface area contributed by atoms with Gasteiger partial charge in [0, 0.05) is 17.7 Å². The van der Waals surface area contributed by atoms with Crippen molar-refractivity contribution in [2.75, 3.05) is 0 Å². The quantitative estimate of drug-likeness (QED) is 0.649. The molecule has 0 aliphatic heterocycles. The molecule has 3 nitrogen and oxygen atoms in total. The van der Waals surface area contributed by atoms with E-state index in [9.17, 15) is 9.90 Å². The molecule has 1 N–H and O–H groups in total. The number of benzene rings is 1. The minimum atomic E-state index is -0.961. The average molecular weight is 227 g/mol. The third kappa shape index (κ3) is 5.35. The van der Waals surface area contributed by atoms with Crippen molar-refractivity contribution in [2.45, 2.75) is 19.8 Å². The first kappa shape index (κ1) is 15.2. The number of carboxylic acid groups (broad SMARTS) is 1. The molecule has 0 bridgehead atoms. The number of carbonyl (C=O) groups excluding carboxylic acids is 1. The van der Waals surface area contributed by atoms with Gasteiger partial charge in [0.25, 0.3) is 0 Å². The SMILES string of the molecule is CCCC(=O)[O-].[Na+].c1ccc2[nH]ccc2c1. The van der Waals surface area contributed by atoms with Crippen LogP contribution in [0.3, 0.4) is 0 Å². The van der Waals surface area contributed by atoms with Crippen molar-refractivity contribution < 1.29 is 39.5 Å². The van der Waals surface area contributed by atoms with Gasteiger partial charge in [0.2, 0.25) is 0 Å². The Labute approximate surface area is 117 Å². The normalized spacial score (nSPS) is 8.81. The molecule has 1 heterocycles. The van der Waals surface area contributed by atoms with Crippen molar-refractivity contribution in [1.29, 1.82) is 0 Å². The van der Waals surface area contributed by atoms with Crippen molar-refractivity contribution in [3.8, 4) is 0 Å². The molecule has 1 aromatic heterocycles. The molecular weight excluding hydrogens is 213 g/mol. The third-order valence-corrected chi connectivity index (χ3v) is 1.92. The second kappa shape index (κ2) is 8.39. The van der Waals surface area contributed by atoms with Gasteiger partial charge in [0.1, 0.15) is 0 Å². The maximum atomic E-state index is 9.49. The van der Waals surface area contributed by atoms with Gasteiger partial charge in [-0.15, -0.1) is 0 Å². The first-order chi connectivity index (χ1) is 7.24. The Morgan fingerprint density at radius 1 is 1.31 bits per heavy atom. The van der Waals surface area contributed by atoms with Crippen LogP contribution in [-0.4, -0.2) is 11.0 Å². The first-order valence-electron chi connectivity index (χ1n) is 4.96. The third-order valence-electron chi connectivity index (χ3n) is 1.92. The summed E-state index contributed by atoms with van der Waals surface area (Å²) in [5.74, 6) is -0.961. The van der Waals surface area contributed by atoms with Crippen molar-refractivity contribution in [3.05, 3.63) is 36.5 Å². The number of carbonyl (C=O) groups is 1. The van der Waals surface area contributed by atoms with Crippen LogP contribution in [0.25, 0.3) is 10.9 Å². The molecule has 1 aromatic carbocycles. The fourth-order valence-corrected chi connectivity index (χ4v) is 1.20. The molecule has 0 saturated heterocycles. The summed E-state index contributed by atoms with van der Waals surface area (Å²) in [6.07, 6.45) is 2.80. The van der Waals surface area contributed by atoms with Gasteiger partial charge in [-0.2, -0.15) is 0 Å². The number of aromatic amines is 1. The minimum Gasteiger partial charge on any atom is -0.550 e. The summed E-state index contributed by atoms with van der Waals surface area (Å²) in [7, 11) is 0. The number of nitrogens with one attached hydrogen (secondary N) is 1. The first-order valence-corrected chi connectivity index (χ1v) is 4.96. The number of carboxylic acids is 1. The summed E-state index contributed by atoms with van der Waals surface area (Å²) in [5, 5.41) is 10.8. The zero-order valence-corrected chi connectivity index (χ0v) is 11.7. The van der Waals surface area contributed by atoms with Crippen molar-refractivity contribution in [2.24, 2.45) is 0 Å². The molecule has 0 radical (unpaired) electrons. The molecular formula is C12H14NNaO2. The maximum absolute atomic E-state index is 9.49. The number of fused-ring (bicyclic) bond motifs is 1. The van der Waals surface area contributed by atoms with E-state index in [1.807, 2.05) is 18.3 Å². The molecule has 0 amide bonds. The molecule has 2 rings (SSSR count). The number of hydrogen-bond donors (Lipinski definition) is 1. The Morgan fingerprint density at radius 3 is 2.50 bits per heavy atom. The smallest absolute Gasteiger partial charge is 0.550 e. The zero-order chi connectivity index (χ0) is 11.1. The van der Waals surface area contributed by atoms with Gasteiger partial charge < -0.3 is 14.9 Å². The van der Waals surface area contributed by atoms with Crippen molar-refractivity contribution in [3.63, 3.8) is 0 Å². The van der Waals surface area contributed by atoms with Gasteiger partial charge in [-0.1, -0.05) is 31.5 Å². The largest absolute Gasteiger partial charge is 1.00 e. The standard InChI is InChI=1S/C8H7N.C4H8O2.Na/c1-2-4-8-7(3-1)5-6-9-8;1-2-3-4(5)6;/h1-6,9H;2-3H2,1H3,(H,5,6);/q;;+1/p-1. The van der Waals surface area contributed by atoms with Crippen molar-refractivity contribution in [1.82, 2.24) is 4.98 Å². The van der Waals surface area contributed by atoms with Crippen LogP contribution in [0.4, 0.5) is 0 Å². The van der Waals surface area contributed by atoms with E-state index in [0.29, 0.717) is 6.42 Å². The predicted molar refractivity (Wildman–Crippen MR) is 58.2 cm³/mol. The molecule has 0 saturated carbocycles. The van der Waals surface area contributed by atoms with Gasteiger partial charge in [-0.05, 0) is 23.9 Å². The minimum absolute atomic E-state index is 0. The van der Waals surface area contributed by atoms with E-state index in [-0.39, 0.29) is 36.0 Å². The monoisotopic (exact) mass is 227 g/mol. The molecule has 4 heteroatoms. The summed E-state index contributed by atoms with van der Waals surface area (Å²) in [4.78, 5) is 12.6. The molecule has 0 aliphatic carbocycles. The predicted octanol–water partition coefficient (Wildman–Crippen LogP) is -1.29.